The van der Waals surface area contributed by atoms with Gasteiger partial charge in [-0.3, -0.25) is 4.68 Å². The molecule has 0 spiro atoms. The highest BCUT2D eigenvalue weighted by atomic mass is 32.2. The second-order valence-electron chi connectivity index (χ2n) is 4.32. The van der Waals surface area contributed by atoms with Crippen molar-refractivity contribution in [2.75, 3.05) is 23.2 Å². The minimum Gasteiger partial charge on any atom is -0.308 e. The summed E-state index contributed by atoms with van der Waals surface area (Å²) >= 11 is 1.47. The summed E-state index contributed by atoms with van der Waals surface area (Å²) in [7, 11) is -1.14. The van der Waals surface area contributed by atoms with E-state index >= 15 is 0 Å². The smallest absolute Gasteiger partial charge is 0.163 e. The number of nitrogens with one attached hydrogen (secondary N) is 1. The number of nitrogens with two attached hydrogens (primary N) is 1. The summed E-state index contributed by atoms with van der Waals surface area (Å²) in [6.45, 7) is 0. The van der Waals surface area contributed by atoms with E-state index in [1.807, 2.05) is 0 Å². The number of fused-ring (bicyclic) bond motifs is 1. The van der Waals surface area contributed by atoms with E-state index in [2.05, 4.69) is 20.5 Å². The number of aryl methyl sites for hydroxylation is 1. The van der Waals surface area contributed by atoms with Crippen LogP contribution in [0.5, 0.6) is 0 Å². The molecule has 0 aromatic carbocycles. The Morgan fingerprint density at radius 2 is 2.20 bits per heavy atom. The van der Waals surface area contributed by atoms with Gasteiger partial charge in [0.1, 0.15) is 15.7 Å². The van der Waals surface area contributed by atoms with Crippen LogP contribution < -0.4 is 11.3 Å². The van der Waals surface area contributed by atoms with Crippen LogP contribution in [0.15, 0.2) is 6.20 Å². The molecule has 0 fully saturated rings. The Labute approximate surface area is 121 Å². The van der Waals surface area contributed by atoms with Crippen molar-refractivity contribution in [2.45, 2.75) is 5.75 Å². The molecule has 3 N–H and O–H groups in total. The van der Waals surface area contributed by atoms with Gasteiger partial charge in [0.2, 0.25) is 0 Å². The molecule has 10 heteroatoms. The van der Waals surface area contributed by atoms with Gasteiger partial charge < -0.3 is 5.43 Å². The van der Waals surface area contributed by atoms with Crippen LogP contribution in [0.2, 0.25) is 0 Å². The first-order chi connectivity index (χ1) is 9.40. The van der Waals surface area contributed by atoms with Gasteiger partial charge in [0.25, 0.3) is 0 Å². The third-order valence-electron chi connectivity index (χ3n) is 2.60. The summed E-state index contributed by atoms with van der Waals surface area (Å²) in [5.41, 5.74) is 3.22. The van der Waals surface area contributed by atoms with Crippen LogP contribution in [0.1, 0.15) is 5.82 Å². The topological polar surface area (TPSA) is 116 Å². The number of anilines is 1. The molecule has 0 aliphatic rings. The quantitative estimate of drug-likeness (QED) is 0.432. The van der Waals surface area contributed by atoms with Crippen LogP contribution in [-0.2, 0) is 22.6 Å². The van der Waals surface area contributed by atoms with Gasteiger partial charge in [-0.25, -0.2) is 24.2 Å². The highest BCUT2D eigenvalue weighted by molar-refractivity contribution is 7.99. The van der Waals surface area contributed by atoms with Crippen molar-refractivity contribution in [3.05, 3.63) is 12.0 Å². The Morgan fingerprint density at radius 3 is 2.85 bits per heavy atom. The Bertz CT molecular complexity index is 712. The van der Waals surface area contributed by atoms with Gasteiger partial charge in [-0.05, 0) is 0 Å². The minimum absolute atomic E-state index is 0.146. The Morgan fingerprint density at radius 1 is 1.45 bits per heavy atom. The van der Waals surface area contributed by atoms with Gasteiger partial charge in [-0.15, -0.1) is 0 Å². The van der Waals surface area contributed by atoms with Crippen molar-refractivity contribution >= 4 is 38.5 Å². The summed E-state index contributed by atoms with van der Waals surface area (Å²) in [5.74, 6) is 7.72. The van der Waals surface area contributed by atoms with Gasteiger partial charge >= 0.3 is 0 Å². The van der Waals surface area contributed by atoms with E-state index in [1.54, 1.807) is 17.9 Å². The van der Waals surface area contributed by atoms with E-state index in [9.17, 15) is 8.42 Å². The molecule has 0 atom stereocenters. The first kappa shape index (κ1) is 15.0. The molecule has 8 nitrogen and oxygen atoms in total. The number of hydrogen-bond acceptors (Lipinski definition) is 8. The fraction of sp³-hybridized carbons (Fsp3) is 0.500. The van der Waals surface area contributed by atoms with E-state index in [4.69, 9.17) is 5.84 Å². The monoisotopic (exact) mass is 316 g/mol. The first-order valence-electron chi connectivity index (χ1n) is 5.81. The zero-order chi connectivity index (χ0) is 14.8. The van der Waals surface area contributed by atoms with E-state index in [0.717, 1.165) is 5.39 Å². The fourth-order valence-corrected chi connectivity index (χ4v) is 3.75. The van der Waals surface area contributed by atoms with Crippen LogP contribution >= 0.6 is 11.8 Å². The zero-order valence-corrected chi connectivity index (χ0v) is 12.8. The summed E-state index contributed by atoms with van der Waals surface area (Å²) in [6, 6.07) is 0. The van der Waals surface area contributed by atoms with Gasteiger partial charge in [-0.2, -0.15) is 16.9 Å². The lowest BCUT2D eigenvalue weighted by atomic mass is 10.4. The van der Waals surface area contributed by atoms with Gasteiger partial charge in [-0.1, -0.05) is 0 Å². The van der Waals surface area contributed by atoms with E-state index in [1.165, 1.54) is 18.0 Å². The van der Waals surface area contributed by atoms with E-state index < -0.39 is 9.84 Å². The van der Waals surface area contributed by atoms with Gasteiger partial charge in [0.05, 0.1) is 23.1 Å². The number of nitrogens with zero attached hydrogens (tertiary/aromatic N) is 4. The maximum atomic E-state index is 11.0. The zero-order valence-electron chi connectivity index (χ0n) is 11.2. The number of hydrogen-bond donors (Lipinski definition) is 2. The van der Waals surface area contributed by atoms with E-state index in [0.29, 0.717) is 28.8 Å². The second-order valence-corrected chi connectivity index (χ2v) is 7.69. The van der Waals surface area contributed by atoms with Crippen LogP contribution in [0, 0.1) is 0 Å². The number of sulfone groups is 1. The molecule has 0 amide bonds. The molecule has 0 saturated heterocycles. The summed E-state index contributed by atoms with van der Waals surface area (Å²) < 4.78 is 23.7. The Balaban J connectivity index is 2.12. The number of hydrazine groups is 1. The van der Waals surface area contributed by atoms with Gasteiger partial charge in [0.15, 0.2) is 11.5 Å². The van der Waals surface area contributed by atoms with Gasteiger partial charge in [0, 0.05) is 19.1 Å². The highest BCUT2D eigenvalue weighted by Crippen LogP contribution is 2.20. The van der Waals surface area contributed by atoms with Crippen LogP contribution in [0.25, 0.3) is 11.0 Å². The summed E-state index contributed by atoms with van der Waals surface area (Å²) in [4.78, 5) is 8.70. The molecule has 2 rings (SSSR count). The summed E-state index contributed by atoms with van der Waals surface area (Å²) in [6.07, 6.45) is 2.87. The van der Waals surface area contributed by atoms with Crippen LogP contribution in [-0.4, -0.2) is 45.9 Å². The lowest BCUT2D eigenvalue weighted by Crippen LogP contribution is -2.11. The van der Waals surface area contributed by atoms with Crippen molar-refractivity contribution in [1.82, 2.24) is 19.7 Å². The standard InChI is InChI=1S/C10H16N6O2S2/c1-16-10-7(5-12-16)9(15-11)13-8(14-10)6-19-3-4-20(2,17)18/h5H,3-4,6,11H2,1-2H3,(H,13,14,15). The van der Waals surface area contributed by atoms with E-state index in [-0.39, 0.29) is 5.75 Å². The number of rotatable bonds is 6. The molecule has 20 heavy (non-hydrogen) atoms. The number of nitrogen functional groups attached to an aromatic ring is 1. The predicted molar refractivity (Wildman–Crippen MR) is 80.0 cm³/mol. The number of aromatic nitrogens is 4. The molecule has 0 saturated carbocycles. The van der Waals surface area contributed by atoms with Crippen molar-refractivity contribution in [3.63, 3.8) is 0 Å². The maximum absolute atomic E-state index is 11.0. The average Bonchev–Trinajstić information content (AvgIpc) is 2.75. The third-order valence-corrected chi connectivity index (χ3v) is 4.76. The average molecular weight is 316 g/mol. The molecule has 0 aliphatic carbocycles. The molecule has 0 aliphatic heterocycles. The molecule has 0 bridgehead atoms. The van der Waals surface area contributed by atoms with Crippen molar-refractivity contribution in [2.24, 2.45) is 12.9 Å². The fourth-order valence-electron chi connectivity index (χ4n) is 1.62. The highest BCUT2D eigenvalue weighted by Gasteiger charge is 2.11. The molecule has 2 heterocycles. The molecule has 2 aromatic rings. The van der Waals surface area contributed by atoms with Crippen molar-refractivity contribution in [1.29, 1.82) is 0 Å². The molecule has 2 aromatic heterocycles. The van der Waals surface area contributed by atoms with Crippen molar-refractivity contribution in [3.8, 4) is 0 Å². The Kier molecular flexibility index (Phi) is 4.45. The molecular formula is C10H16N6O2S2. The lowest BCUT2D eigenvalue weighted by molar-refractivity contribution is 0.603. The van der Waals surface area contributed by atoms with Crippen LogP contribution in [0.4, 0.5) is 5.82 Å². The predicted octanol–water partition coefficient (Wildman–Crippen LogP) is -0.0733. The normalized spacial score (nSPS) is 11.9. The lowest BCUT2D eigenvalue weighted by Gasteiger charge is -2.05. The Hall–Kier alpha value is -1.39. The molecule has 110 valence electrons. The molecule has 0 radical (unpaired) electrons. The molecular weight excluding hydrogens is 300 g/mol. The number of thioether (sulfide) groups is 1. The largest absolute Gasteiger partial charge is 0.308 e. The third kappa shape index (κ3) is 3.58. The first-order valence-corrected chi connectivity index (χ1v) is 9.03. The maximum Gasteiger partial charge on any atom is 0.163 e. The summed E-state index contributed by atoms with van der Waals surface area (Å²) in [5, 5.41) is 4.86. The van der Waals surface area contributed by atoms with Crippen LogP contribution in [0.3, 0.4) is 0 Å². The van der Waals surface area contributed by atoms with Crippen molar-refractivity contribution < 1.29 is 8.42 Å². The SMILES string of the molecule is Cn1ncc2c(NN)nc(CSCCS(C)(=O)=O)nc21. The minimum atomic E-state index is -2.93. The molecule has 0 unspecified atom stereocenters. The second kappa shape index (κ2) is 5.94.